The minimum atomic E-state index is -1.29. The highest BCUT2D eigenvalue weighted by molar-refractivity contribution is 6.32. The predicted molar refractivity (Wildman–Crippen MR) is 67.4 cm³/mol. The van der Waals surface area contributed by atoms with Crippen LogP contribution in [-0.4, -0.2) is 24.5 Å². The number of rotatable bonds is 2. The molecule has 0 fully saturated rings. The molecule has 4 heteroatoms. The summed E-state index contributed by atoms with van der Waals surface area (Å²) in [6.07, 6.45) is -1.29. The molecule has 0 spiro atoms. The van der Waals surface area contributed by atoms with Crippen LogP contribution in [0.1, 0.15) is 38.0 Å². The highest BCUT2D eigenvalue weighted by Crippen LogP contribution is 2.20. The molecule has 3 nitrogen and oxygen atoms in total. The smallest absolute Gasteiger partial charge is 0.340 e. The molecule has 0 saturated heterocycles. The first kappa shape index (κ1) is 13.8. The van der Waals surface area contributed by atoms with Crippen LogP contribution in [0.2, 0.25) is 0 Å². The third-order valence-electron chi connectivity index (χ3n) is 2.23. The molecule has 0 bridgehead atoms. The molecule has 0 aliphatic rings. The fraction of sp³-hybridized carbons (Fsp3) is 0.462. The van der Waals surface area contributed by atoms with E-state index in [4.69, 9.17) is 12.6 Å². The largest absolute Gasteiger partial charge is 0.458 e. The Morgan fingerprint density at radius 2 is 2.00 bits per heavy atom. The van der Waals surface area contributed by atoms with Gasteiger partial charge in [-0.05, 0) is 38.8 Å². The molecule has 90 valence electrons. The van der Waals surface area contributed by atoms with Crippen LogP contribution in [0.5, 0.6) is 0 Å². The van der Waals surface area contributed by atoms with Crippen molar-refractivity contribution >= 4 is 19.3 Å². The van der Waals surface area contributed by atoms with Crippen molar-refractivity contribution in [3.63, 3.8) is 0 Å². The van der Waals surface area contributed by atoms with Crippen molar-refractivity contribution < 1.29 is 14.6 Å². The van der Waals surface area contributed by atoms with Gasteiger partial charge in [-0.2, -0.15) is 0 Å². The Morgan fingerprint density at radius 3 is 2.53 bits per heavy atom. The van der Waals surface area contributed by atoms with E-state index in [9.17, 15) is 9.90 Å². The minimum absolute atomic E-state index is 0.485. The number of esters is 1. The van der Waals surface area contributed by atoms with Crippen LogP contribution in [0.4, 0.5) is 0 Å². The molecule has 1 aromatic rings. The Kier molecular flexibility index (Phi) is 3.99. The van der Waals surface area contributed by atoms with Gasteiger partial charge in [0, 0.05) is 0 Å². The standard InChI is InChI=1S/C13H17BO3/c1-8-5-6-9(14)7-10(8)11(15)12(16)17-13(2,3)4/h5-7,11,15H,1-4H3. The second kappa shape index (κ2) is 4.92. The van der Waals surface area contributed by atoms with Crippen molar-refractivity contribution in [2.45, 2.75) is 39.4 Å². The molecule has 1 aromatic carbocycles. The quantitative estimate of drug-likeness (QED) is 0.614. The van der Waals surface area contributed by atoms with Gasteiger partial charge in [0.1, 0.15) is 13.4 Å². The van der Waals surface area contributed by atoms with E-state index in [0.29, 0.717) is 11.0 Å². The Hall–Kier alpha value is -1.29. The van der Waals surface area contributed by atoms with Crippen LogP contribution < -0.4 is 5.46 Å². The third-order valence-corrected chi connectivity index (χ3v) is 2.23. The second-order valence-corrected chi connectivity index (χ2v) is 5.05. The fourth-order valence-corrected chi connectivity index (χ4v) is 1.44. The number of aliphatic hydroxyl groups excluding tert-OH is 1. The summed E-state index contributed by atoms with van der Waals surface area (Å²) in [5, 5.41) is 9.93. The van der Waals surface area contributed by atoms with E-state index in [0.717, 1.165) is 5.56 Å². The summed E-state index contributed by atoms with van der Waals surface area (Å²) in [6, 6.07) is 5.07. The molecule has 0 aromatic heterocycles. The first-order valence-electron chi connectivity index (χ1n) is 5.47. The summed E-state index contributed by atoms with van der Waals surface area (Å²) in [7, 11) is 5.63. The van der Waals surface area contributed by atoms with Gasteiger partial charge in [0.05, 0.1) is 0 Å². The van der Waals surface area contributed by atoms with Gasteiger partial charge in [0.2, 0.25) is 0 Å². The van der Waals surface area contributed by atoms with E-state index in [2.05, 4.69) is 0 Å². The number of carbonyl (C=O) groups is 1. The topological polar surface area (TPSA) is 46.5 Å². The minimum Gasteiger partial charge on any atom is -0.458 e. The summed E-state index contributed by atoms with van der Waals surface area (Å²) in [4.78, 5) is 11.7. The highest BCUT2D eigenvalue weighted by Gasteiger charge is 2.25. The summed E-state index contributed by atoms with van der Waals surface area (Å²) in [5.41, 5.74) is 1.18. The predicted octanol–water partition coefficient (Wildman–Crippen LogP) is 1.16. The number of benzene rings is 1. The van der Waals surface area contributed by atoms with E-state index in [1.165, 1.54) is 0 Å². The lowest BCUT2D eigenvalue weighted by Crippen LogP contribution is -2.28. The molecular formula is C13H17BO3. The molecule has 1 atom stereocenters. The van der Waals surface area contributed by atoms with Crippen molar-refractivity contribution in [3.8, 4) is 0 Å². The maximum Gasteiger partial charge on any atom is 0.340 e. The van der Waals surface area contributed by atoms with Gasteiger partial charge < -0.3 is 9.84 Å². The van der Waals surface area contributed by atoms with Crippen LogP contribution >= 0.6 is 0 Å². The van der Waals surface area contributed by atoms with Crippen molar-refractivity contribution in [2.24, 2.45) is 0 Å². The molecule has 0 aliphatic carbocycles. The van der Waals surface area contributed by atoms with Crippen molar-refractivity contribution in [2.75, 3.05) is 0 Å². The molecule has 0 saturated carbocycles. The fourth-order valence-electron chi connectivity index (χ4n) is 1.44. The number of ether oxygens (including phenoxy) is 1. The highest BCUT2D eigenvalue weighted by atomic mass is 16.6. The maximum atomic E-state index is 11.7. The number of hydrogen-bond acceptors (Lipinski definition) is 3. The first-order chi connectivity index (χ1) is 7.70. The lowest BCUT2D eigenvalue weighted by atomic mass is 9.90. The molecule has 17 heavy (non-hydrogen) atoms. The van der Waals surface area contributed by atoms with E-state index >= 15 is 0 Å². The van der Waals surface area contributed by atoms with Crippen LogP contribution in [0.15, 0.2) is 18.2 Å². The maximum absolute atomic E-state index is 11.7. The van der Waals surface area contributed by atoms with Crippen molar-refractivity contribution in [3.05, 3.63) is 29.3 Å². The normalized spacial score (nSPS) is 13.2. The Morgan fingerprint density at radius 1 is 1.41 bits per heavy atom. The second-order valence-electron chi connectivity index (χ2n) is 5.05. The molecule has 1 unspecified atom stereocenters. The van der Waals surface area contributed by atoms with Crippen LogP contribution in [0.25, 0.3) is 0 Å². The van der Waals surface area contributed by atoms with Crippen LogP contribution in [-0.2, 0) is 9.53 Å². The zero-order chi connectivity index (χ0) is 13.2. The Labute approximate surface area is 103 Å². The summed E-state index contributed by atoms with van der Waals surface area (Å²) in [5.74, 6) is -0.661. The van der Waals surface area contributed by atoms with Gasteiger partial charge in [0.25, 0.3) is 0 Å². The van der Waals surface area contributed by atoms with Crippen LogP contribution in [0.3, 0.4) is 0 Å². The average molecular weight is 232 g/mol. The zero-order valence-electron chi connectivity index (χ0n) is 10.7. The van der Waals surface area contributed by atoms with E-state index in [1.54, 1.807) is 39.0 Å². The van der Waals surface area contributed by atoms with Gasteiger partial charge in [-0.15, -0.1) is 0 Å². The number of aryl methyl sites for hydroxylation is 1. The van der Waals surface area contributed by atoms with Gasteiger partial charge in [0.15, 0.2) is 6.10 Å². The number of hydrogen-bond donors (Lipinski definition) is 1. The van der Waals surface area contributed by atoms with Gasteiger partial charge in [-0.1, -0.05) is 23.7 Å². The van der Waals surface area contributed by atoms with Gasteiger partial charge in [-0.25, -0.2) is 4.79 Å². The lowest BCUT2D eigenvalue weighted by Gasteiger charge is -2.22. The molecule has 1 rings (SSSR count). The summed E-state index contributed by atoms with van der Waals surface area (Å²) < 4.78 is 5.12. The van der Waals surface area contributed by atoms with Gasteiger partial charge in [-0.3, -0.25) is 0 Å². The van der Waals surface area contributed by atoms with Gasteiger partial charge >= 0.3 is 5.97 Å². The number of aliphatic hydroxyl groups is 1. The molecular weight excluding hydrogens is 215 g/mol. The summed E-state index contributed by atoms with van der Waals surface area (Å²) >= 11 is 0. The SMILES string of the molecule is [B]c1ccc(C)c(C(O)C(=O)OC(C)(C)C)c1. The monoisotopic (exact) mass is 232 g/mol. The zero-order valence-corrected chi connectivity index (χ0v) is 10.7. The van der Waals surface area contributed by atoms with Crippen molar-refractivity contribution in [1.82, 2.24) is 0 Å². The molecule has 0 heterocycles. The van der Waals surface area contributed by atoms with Crippen molar-refractivity contribution in [1.29, 1.82) is 0 Å². The summed E-state index contributed by atoms with van der Waals surface area (Å²) in [6.45, 7) is 7.07. The van der Waals surface area contributed by atoms with E-state index in [-0.39, 0.29) is 0 Å². The lowest BCUT2D eigenvalue weighted by molar-refractivity contribution is -0.165. The Bertz CT molecular complexity index is 421. The van der Waals surface area contributed by atoms with E-state index < -0.39 is 17.7 Å². The molecule has 0 amide bonds. The van der Waals surface area contributed by atoms with E-state index in [1.807, 2.05) is 6.92 Å². The molecule has 1 N–H and O–H groups in total. The number of carbonyl (C=O) groups excluding carboxylic acids is 1. The third kappa shape index (κ3) is 3.89. The molecule has 0 aliphatic heterocycles. The Balaban J connectivity index is 2.92. The molecule has 2 radical (unpaired) electrons. The average Bonchev–Trinajstić information content (AvgIpc) is 2.18. The first-order valence-corrected chi connectivity index (χ1v) is 5.47. The van der Waals surface area contributed by atoms with Crippen LogP contribution in [0, 0.1) is 6.92 Å².